The Balaban J connectivity index is 3.21. The molecule has 0 aliphatic heterocycles. The molecule has 0 saturated heterocycles. The summed E-state index contributed by atoms with van der Waals surface area (Å²) in [4.78, 5) is 0. The van der Waals surface area contributed by atoms with Crippen LogP contribution >= 0.6 is 0 Å². The molecule has 0 spiro atoms. The lowest BCUT2D eigenvalue weighted by atomic mass is 10.1. The zero-order valence-corrected chi connectivity index (χ0v) is 22.1. The van der Waals surface area contributed by atoms with Crippen molar-refractivity contribution in [1.29, 1.82) is 0 Å². The van der Waals surface area contributed by atoms with Crippen LogP contribution in [-0.4, -0.2) is 19.3 Å². The van der Waals surface area contributed by atoms with Gasteiger partial charge in [0.15, 0.2) is 0 Å². The van der Waals surface area contributed by atoms with Crippen LogP contribution in [0.15, 0.2) is 24.3 Å². The first kappa shape index (κ1) is 31.4. The van der Waals surface area contributed by atoms with E-state index in [4.69, 9.17) is 10.5 Å². The Bertz CT molecular complexity index is 390. The Morgan fingerprint density at radius 2 is 1.03 bits per heavy atom. The Kier molecular flexibility index (Phi) is 27.9. The number of allylic oxidation sites excluding steroid dienone is 4. The van der Waals surface area contributed by atoms with E-state index in [2.05, 4.69) is 38.2 Å². The molecule has 0 bridgehead atoms. The third-order valence-corrected chi connectivity index (χ3v) is 6.25. The number of ether oxygens (including phenoxy) is 1. The van der Waals surface area contributed by atoms with Gasteiger partial charge < -0.3 is 10.5 Å². The zero-order valence-electron chi connectivity index (χ0n) is 22.1. The second kappa shape index (κ2) is 28.4. The highest BCUT2D eigenvalue weighted by Gasteiger charge is 2.02. The van der Waals surface area contributed by atoms with Gasteiger partial charge in [0, 0.05) is 12.6 Å². The minimum Gasteiger partial charge on any atom is -0.380 e. The molecule has 2 N–H and O–H groups in total. The van der Waals surface area contributed by atoms with Crippen LogP contribution in [-0.2, 0) is 4.74 Å². The van der Waals surface area contributed by atoms with Crippen LogP contribution < -0.4 is 5.73 Å². The van der Waals surface area contributed by atoms with Crippen LogP contribution in [0.5, 0.6) is 0 Å². The summed E-state index contributed by atoms with van der Waals surface area (Å²) in [6.45, 7) is 6.18. The summed E-state index contributed by atoms with van der Waals surface area (Å²) in [7, 11) is 0. The predicted molar refractivity (Wildman–Crippen MR) is 145 cm³/mol. The maximum atomic E-state index is 6.19. The Hall–Kier alpha value is -0.600. The van der Waals surface area contributed by atoms with Gasteiger partial charge in [0.25, 0.3) is 0 Å². The summed E-state index contributed by atoms with van der Waals surface area (Å²) in [6, 6.07) is 0.236. The fourth-order valence-electron chi connectivity index (χ4n) is 4.05. The summed E-state index contributed by atoms with van der Waals surface area (Å²) in [5.74, 6) is 0. The molecule has 0 saturated carbocycles. The highest BCUT2D eigenvalue weighted by molar-refractivity contribution is 4.92. The van der Waals surface area contributed by atoms with Crippen LogP contribution in [0.2, 0.25) is 0 Å². The highest BCUT2D eigenvalue weighted by Crippen LogP contribution is 2.11. The predicted octanol–water partition coefficient (Wildman–Crippen LogP) is 9.67. The third kappa shape index (κ3) is 27.4. The first-order valence-electron chi connectivity index (χ1n) is 14.4. The number of rotatable bonds is 26. The van der Waals surface area contributed by atoms with Crippen molar-refractivity contribution in [3.63, 3.8) is 0 Å². The van der Waals surface area contributed by atoms with Gasteiger partial charge >= 0.3 is 0 Å². The van der Waals surface area contributed by atoms with E-state index in [9.17, 15) is 0 Å². The van der Waals surface area contributed by atoms with Crippen LogP contribution in [0.25, 0.3) is 0 Å². The lowest BCUT2D eigenvalue weighted by Gasteiger charge is -2.12. The van der Waals surface area contributed by atoms with Crippen molar-refractivity contribution in [2.45, 2.75) is 155 Å². The van der Waals surface area contributed by atoms with Crippen molar-refractivity contribution in [3.8, 4) is 0 Å². The average molecular weight is 450 g/mol. The van der Waals surface area contributed by atoms with Gasteiger partial charge in [0.2, 0.25) is 0 Å². The molecular formula is C30H59NO. The molecule has 0 amide bonds. The molecule has 1 atom stereocenters. The van der Waals surface area contributed by atoms with E-state index in [0.717, 1.165) is 26.1 Å². The summed E-state index contributed by atoms with van der Waals surface area (Å²) in [5.41, 5.74) is 6.19. The Labute approximate surface area is 202 Å². The second-order valence-corrected chi connectivity index (χ2v) is 9.68. The molecule has 2 heteroatoms. The summed E-state index contributed by atoms with van der Waals surface area (Å²) >= 11 is 0. The molecule has 32 heavy (non-hydrogen) atoms. The normalized spacial score (nSPS) is 13.0. The summed E-state index contributed by atoms with van der Waals surface area (Å²) in [5, 5.41) is 0. The maximum absolute atomic E-state index is 6.19. The molecule has 0 rings (SSSR count). The van der Waals surface area contributed by atoms with Gasteiger partial charge in [-0.2, -0.15) is 0 Å². The third-order valence-electron chi connectivity index (χ3n) is 6.25. The fraction of sp³-hybridized carbons (Fsp3) is 0.867. The summed E-state index contributed by atoms with van der Waals surface area (Å²) < 4.78 is 5.80. The molecule has 0 aromatic rings. The quantitative estimate of drug-likeness (QED) is 0.105. The zero-order chi connectivity index (χ0) is 23.4. The van der Waals surface area contributed by atoms with Crippen LogP contribution in [0.4, 0.5) is 0 Å². The van der Waals surface area contributed by atoms with Crippen LogP contribution in [0.1, 0.15) is 149 Å². The van der Waals surface area contributed by atoms with Gasteiger partial charge in [-0.05, 0) is 44.9 Å². The topological polar surface area (TPSA) is 35.2 Å². The van der Waals surface area contributed by atoms with E-state index in [1.807, 2.05) is 0 Å². The minimum atomic E-state index is 0.236. The monoisotopic (exact) mass is 449 g/mol. The number of nitrogens with two attached hydrogens (primary N) is 1. The van der Waals surface area contributed by atoms with Gasteiger partial charge in [-0.15, -0.1) is 0 Å². The lowest BCUT2D eigenvalue weighted by molar-refractivity contribution is 0.114. The van der Waals surface area contributed by atoms with E-state index in [1.54, 1.807) is 0 Å². The van der Waals surface area contributed by atoms with Gasteiger partial charge in [0.1, 0.15) is 0 Å². The van der Waals surface area contributed by atoms with Crippen molar-refractivity contribution in [2.75, 3.05) is 13.2 Å². The van der Waals surface area contributed by atoms with Crippen molar-refractivity contribution in [3.05, 3.63) is 24.3 Å². The number of hydrogen-bond donors (Lipinski definition) is 1. The maximum Gasteiger partial charge on any atom is 0.0617 e. The molecule has 1 unspecified atom stereocenters. The highest BCUT2D eigenvalue weighted by atomic mass is 16.5. The minimum absolute atomic E-state index is 0.236. The molecule has 190 valence electrons. The average Bonchev–Trinajstić information content (AvgIpc) is 2.80. The van der Waals surface area contributed by atoms with E-state index >= 15 is 0 Å². The Morgan fingerprint density at radius 1 is 0.562 bits per heavy atom. The van der Waals surface area contributed by atoms with E-state index in [-0.39, 0.29) is 6.04 Å². The molecule has 0 aliphatic rings. The fourth-order valence-corrected chi connectivity index (χ4v) is 4.05. The molecule has 0 aromatic heterocycles. The van der Waals surface area contributed by atoms with Gasteiger partial charge in [-0.25, -0.2) is 0 Å². The smallest absolute Gasteiger partial charge is 0.0617 e. The van der Waals surface area contributed by atoms with E-state index < -0.39 is 0 Å². The molecule has 2 nitrogen and oxygen atoms in total. The number of unbranched alkanes of at least 4 members (excludes halogenated alkanes) is 16. The SMILES string of the molecule is CCCCC/C=C\C/C=C\CCCCCCCCOCC(N)CCCCCCCCCC. The summed E-state index contributed by atoms with van der Waals surface area (Å²) in [6.07, 6.45) is 36.9. The van der Waals surface area contributed by atoms with Crippen molar-refractivity contribution < 1.29 is 4.74 Å². The van der Waals surface area contributed by atoms with E-state index in [0.29, 0.717) is 0 Å². The van der Waals surface area contributed by atoms with Gasteiger partial charge in [0.05, 0.1) is 6.61 Å². The lowest BCUT2D eigenvalue weighted by Crippen LogP contribution is -2.26. The van der Waals surface area contributed by atoms with Crippen molar-refractivity contribution in [2.24, 2.45) is 5.73 Å². The van der Waals surface area contributed by atoms with Crippen LogP contribution in [0.3, 0.4) is 0 Å². The molecule has 0 aromatic carbocycles. The number of hydrogen-bond acceptors (Lipinski definition) is 2. The first-order valence-corrected chi connectivity index (χ1v) is 14.4. The first-order chi connectivity index (χ1) is 15.8. The van der Waals surface area contributed by atoms with Crippen molar-refractivity contribution >= 4 is 0 Å². The molecule has 0 fully saturated rings. The molecular weight excluding hydrogens is 390 g/mol. The molecule has 0 radical (unpaired) electrons. The largest absolute Gasteiger partial charge is 0.380 e. The van der Waals surface area contributed by atoms with Crippen molar-refractivity contribution in [1.82, 2.24) is 0 Å². The Morgan fingerprint density at radius 3 is 1.66 bits per heavy atom. The second-order valence-electron chi connectivity index (χ2n) is 9.68. The standard InChI is InChI=1S/C30H59NO/c1-3-5-7-9-11-13-14-15-16-17-18-19-20-22-24-26-28-32-29-30(31)27-25-23-21-12-10-8-6-4-2/h11,13,15-16,30H,3-10,12,14,17-29,31H2,1-2H3/b13-11-,16-15-. The molecule has 0 heterocycles. The molecule has 0 aliphatic carbocycles. The van der Waals surface area contributed by atoms with Gasteiger partial charge in [-0.3, -0.25) is 0 Å². The van der Waals surface area contributed by atoms with E-state index in [1.165, 1.54) is 122 Å². The van der Waals surface area contributed by atoms with Crippen LogP contribution in [0, 0.1) is 0 Å². The van der Waals surface area contributed by atoms with Gasteiger partial charge in [-0.1, -0.05) is 128 Å².